The lowest BCUT2D eigenvalue weighted by Gasteiger charge is -2.40. The molecular weight excluding hydrogens is 232 g/mol. The fourth-order valence-electron chi connectivity index (χ4n) is 2.64. The van der Waals surface area contributed by atoms with Crippen LogP contribution in [0, 0.1) is 11.3 Å². The third-order valence-corrected chi connectivity index (χ3v) is 3.95. The normalized spacial score (nSPS) is 25.8. The molecule has 1 amide bonds. The number of nitrogens with zero attached hydrogens (tertiary/aromatic N) is 1. The molecule has 1 heterocycles. The predicted octanol–water partition coefficient (Wildman–Crippen LogP) is 0.945. The highest BCUT2D eigenvalue weighted by Gasteiger charge is 2.42. The van der Waals surface area contributed by atoms with Crippen LogP contribution in [0.1, 0.15) is 33.1 Å². The van der Waals surface area contributed by atoms with Crippen LogP contribution in [0.2, 0.25) is 0 Å². The zero-order valence-electron chi connectivity index (χ0n) is 11.5. The first kappa shape index (κ1) is 15.0. The summed E-state index contributed by atoms with van der Waals surface area (Å²) in [6.07, 6.45) is 2.02. The number of piperidine rings is 1. The summed E-state index contributed by atoms with van der Waals surface area (Å²) >= 11 is 0. The second-order valence-electron chi connectivity index (χ2n) is 5.26. The Hall–Kier alpha value is -1.10. The monoisotopic (exact) mass is 256 g/mol. The first-order chi connectivity index (χ1) is 8.46. The van der Waals surface area contributed by atoms with Gasteiger partial charge < -0.3 is 15.3 Å². The lowest BCUT2D eigenvalue weighted by atomic mass is 9.77. The van der Waals surface area contributed by atoms with E-state index in [4.69, 9.17) is 0 Å². The van der Waals surface area contributed by atoms with E-state index in [9.17, 15) is 14.7 Å². The van der Waals surface area contributed by atoms with Gasteiger partial charge in [-0.2, -0.15) is 0 Å². The summed E-state index contributed by atoms with van der Waals surface area (Å²) in [6, 6.07) is 0. The summed E-state index contributed by atoms with van der Waals surface area (Å²) in [5.74, 6) is -0.816. The Morgan fingerprint density at radius 2 is 2.17 bits per heavy atom. The van der Waals surface area contributed by atoms with Crippen molar-refractivity contribution in [3.63, 3.8) is 0 Å². The molecule has 0 aromatic heterocycles. The Balaban J connectivity index is 2.74. The van der Waals surface area contributed by atoms with E-state index >= 15 is 0 Å². The van der Waals surface area contributed by atoms with Gasteiger partial charge in [0.2, 0.25) is 5.91 Å². The van der Waals surface area contributed by atoms with Gasteiger partial charge in [-0.25, -0.2) is 0 Å². The van der Waals surface area contributed by atoms with Crippen LogP contribution in [-0.2, 0) is 9.59 Å². The van der Waals surface area contributed by atoms with E-state index in [1.807, 2.05) is 20.9 Å². The molecule has 5 nitrogen and oxygen atoms in total. The van der Waals surface area contributed by atoms with Gasteiger partial charge in [-0.1, -0.05) is 13.8 Å². The molecule has 1 rings (SSSR count). The molecule has 104 valence electrons. The molecule has 1 fully saturated rings. The van der Waals surface area contributed by atoms with E-state index in [1.54, 1.807) is 4.90 Å². The Morgan fingerprint density at radius 3 is 2.67 bits per heavy atom. The lowest BCUT2D eigenvalue weighted by molar-refractivity contribution is -0.156. The van der Waals surface area contributed by atoms with Gasteiger partial charge in [-0.15, -0.1) is 0 Å². The number of amides is 1. The van der Waals surface area contributed by atoms with Crippen LogP contribution in [0.5, 0.6) is 0 Å². The molecule has 2 unspecified atom stereocenters. The average molecular weight is 256 g/mol. The minimum absolute atomic E-state index is 0.0584. The zero-order valence-corrected chi connectivity index (χ0v) is 11.5. The van der Waals surface area contributed by atoms with E-state index in [0.717, 1.165) is 6.42 Å². The van der Waals surface area contributed by atoms with Gasteiger partial charge in [0.25, 0.3) is 0 Å². The molecular formula is C13H24N2O3. The fraction of sp³-hybridized carbons (Fsp3) is 0.846. The van der Waals surface area contributed by atoms with E-state index in [-0.39, 0.29) is 11.8 Å². The SMILES string of the molecule is CCC1(C(=O)O)CCCN(C(=O)C(C)CNC)C1. The number of carbonyl (C=O) groups is 2. The summed E-state index contributed by atoms with van der Waals surface area (Å²) in [7, 11) is 1.81. The maximum Gasteiger partial charge on any atom is 0.311 e. The molecule has 0 aromatic rings. The van der Waals surface area contributed by atoms with Gasteiger partial charge >= 0.3 is 5.97 Å². The summed E-state index contributed by atoms with van der Waals surface area (Å²) in [5.41, 5.74) is -0.743. The number of carboxylic acid groups (broad SMARTS) is 1. The van der Waals surface area contributed by atoms with E-state index in [0.29, 0.717) is 32.5 Å². The van der Waals surface area contributed by atoms with E-state index < -0.39 is 11.4 Å². The zero-order chi connectivity index (χ0) is 13.8. The Kier molecular flexibility index (Phi) is 5.14. The third-order valence-electron chi connectivity index (χ3n) is 3.95. The number of rotatable bonds is 5. The van der Waals surface area contributed by atoms with Crippen molar-refractivity contribution < 1.29 is 14.7 Å². The van der Waals surface area contributed by atoms with Crippen molar-refractivity contribution >= 4 is 11.9 Å². The lowest BCUT2D eigenvalue weighted by Crippen LogP contribution is -2.51. The molecule has 0 aliphatic carbocycles. The molecule has 1 saturated heterocycles. The number of hydrogen-bond acceptors (Lipinski definition) is 3. The predicted molar refractivity (Wildman–Crippen MR) is 69.3 cm³/mol. The Morgan fingerprint density at radius 1 is 1.50 bits per heavy atom. The topological polar surface area (TPSA) is 69.6 Å². The van der Waals surface area contributed by atoms with Crippen molar-refractivity contribution in [1.29, 1.82) is 0 Å². The van der Waals surface area contributed by atoms with Gasteiger partial charge in [0.1, 0.15) is 0 Å². The number of hydrogen-bond donors (Lipinski definition) is 2. The first-order valence-electron chi connectivity index (χ1n) is 6.63. The van der Waals surface area contributed by atoms with E-state index in [1.165, 1.54) is 0 Å². The third kappa shape index (κ3) is 3.02. The fourth-order valence-corrected chi connectivity index (χ4v) is 2.64. The standard InChI is InChI=1S/C13H24N2O3/c1-4-13(12(17)18)6-5-7-15(9-13)11(16)10(2)8-14-3/h10,14H,4-9H2,1-3H3,(H,17,18). The van der Waals surface area contributed by atoms with E-state index in [2.05, 4.69) is 5.32 Å². The summed E-state index contributed by atoms with van der Waals surface area (Å²) in [6.45, 7) is 5.43. The van der Waals surface area contributed by atoms with Crippen LogP contribution in [0.25, 0.3) is 0 Å². The number of nitrogens with one attached hydrogen (secondary N) is 1. The van der Waals surface area contributed by atoms with Crippen LogP contribution in [0.15, 0.2) is 0 Å². The number of carbonyl (C=O) groups excluding carboxylic acids is 1. The molecule has 0 radical (unpaired) electrons. The van der Waals surface area contributed by atoms with Crippen LogP contribution in [-0.4, -0.2) is 48.6 Å². The average Bonchev–Trinajstić information content (AvgIpc) is 2.37. The highest BCUT2D eigenvalue weighted by Crippen LogP contribution is 2.34. The van der Waals surface area contributed by atoms with Crippen molar-refractivity contribution in [2.75, 3.05) is 26.7 Å². The van der Waals surface area contributed by atoms with Gasteiger partial charge in [-0.3, -0.25) is 9.59 Å². The number of aliphatic carboxylic acids is 1. The van der Waals surface area contributed by atoms with Gasteiger partial charge in [0, 0.05) is 25.6 Å². The summed E-state index contributed by atoms with van der Waals surface area (Å²) in [5, 5.41) is 12.4. The molecule has 18 heavy (non-hydrogen) atoms. The highest BCUT2D eigenvalue weighted by atomic mass is 16.4. The van der Waals surface area contributed by atoms with Crippen molar-refractivity contribution in [3.05, 3.63) is 0 Å². The smallest absolute Gasteiger partial charge is 0.311 e. The molecule has 0 bridgehead atoms. The molecule has 0 spiro atoms. The van der Waals surface area contributed by atoms with Crippen molar-refractivity contribution in [2.45, 2.75) is 33.1 Å². The summed E-state index contributed by atoms with van der Waals surface area (Å²) in [4.78, 5) is 25.4. The molecule has 1 aliphatic rings. The number of carboxylic acids is 1. The summed E-state index contributed by atoms with van der Waals surface area (Å²) < 4.78 is 0. The van der Waals surface area contributed by atoms with Gasteiger partial charge in [0.15, 0.2) is 0 Å². The van der Waals surface area contributed by atoms with Crippen LogP contribution in [0.3, 0.4) is 0 Å². The van der Waals surface area contributed by atoms with Gasteiger partial charge in [0.05, 0.1) is 5.41 Å². The minimum Gasteiger partial charge on any atom is -0.481 e. The van der Waals surface area contributed by atoms with Crippen LogP contribution in [0.4, 0.5) is 0 Å². The molecule has 1 aliphatic heterocycles. The van der Waals surface area contributed by atoms with Crippen molar-refractivity contribution in [2.24, 2.45) is 11.3 Å². The maximum atomic E-state index is 12.2. The molecule has 5 heteroatoms. The van der Waals surface area contributed by atoms with Gasteiger partial charge in [-0.05, 0) is 26.3 Å². The minimum atomic E-state index is -0.774. The second-order valence-corrected chi connectivity index (χ2v) is 5.26. The van der Waals surface area contributed by atoms with Crippen molar-refractivity contribution in [3.8, 4) is 0 Å². The Labute approximate surface area is 109 Å². The van der Waals surface area contributed by atoms with Crippen molar-refractivity contribution in [1.82, 2.24) is 10.2 Å². The quantitative estimate of drug-likeness (QED) is 0.768. The molecule has 2 N–H and O–H groups in total. The second kappa shape index (κ2) is 6.18. The molecule has 2 atom stereocenters. The maximum absolute atomic E-state index is 12.2. The number of likely N-dealkylation sites (tertiary alicyclic amines) is 1. The molecule has 0 aromatic carbocycles. The molecule has 0 saturated carbocycles. The van der Waals surface area contributed by atoms with Crippen LogP contribution < -0.4 is 5.32 Å². The highest BCUT2D eigenvalue weighted by molar-refractivity contribution is 5.81. The van der Waals surface area contributed by atoms with Crippen LogP contribution >= 0.6 is 0 Å². The Bertz CT molecular complexity index is 319. The largest absolute Gasteiger partial charge is 0.481 e. The first-order valence-corrected chi connectivity index (χ1v) is 6.63.